The fourth-order valence-electron chi connectivity index (χ4n) is 4.19. The van der Waals surface area contributed by atoms with Crippen molar-refractivity contribution in [1.29, 1.82) is 0 Å². The van der Waals surface area contributed by atoms with Gasteiger partial charge in [-0.25, -0.2) is 4.79 Å². The van der Waals surface area contributed by atoms with Gasteiger partial charge in [-0.05, 0) is 54.4 Å². The summed E-state index contributed by atoms with van der Waals surface area (Å²) in [5.41, 5.74) is 2.78. The van der Waals surface area contributed by atoms with Crippen LogP contribution in [-0.4, -0.2) is 54.3 Å². The van der Waals surface area contributed by atoms with Crippen molar-refractivity contribution in [1.82, 2.24) is 5.32 Å². The maximum absolute atomic E-state index is 12.9. The summed E-state index contributed by atoms with van der Waals surface area (Å²) in [6.45, 7) is 1.04. The van der Waals surface area contributed by atoms with E-state index in [-0.39, 0.29) is 17.9 Å². The Balaban J connectivity index is 1.44. The van der Waals surface area contributed by atoms with Crippen LogP contribution in [0.4, 0.5) is 17.1 Å². The summed E-state index contributed by atoms with van der Waals surface area (Å²) in [6, 6.07) is 20.3. The Hall–Kier alpha value is -4.37. The van der Waals surface area contributed by atoms with E-state index in [4.69, 9.17) is 16.7 Å². The number of rotatable bonds is 9. The topological polar surface area (TPSA) is 128 Å². The first-order chi connectivity index (χ1) is 18.3. The summed E-state index contributed by atoms with van der Waals surface area (Å²) < 4.78 is 0. The quantitative estimate of drug-likeness (QED) is 0.309. The third kappa shape index (κ3) is 7.10. The van der Waals surface area contributed by atoms with Crippen molar-refractivity contribution in [3.63, 3.8) is 0 Å². The van der Waals surface area contributed by atoms with Crippen molar-refractivity contribution >= 4 is 52.2 Å². The molecule has 4 rings (SSSR count). The summed E-state index contributed by atoms with van der Waals surface area (Å²) >= 11 is 6.14. The number of anilines is 3. The number of nitrogens with one attached hydrogen (secondary N) is 3. The number of hydrogen-bond donors (Lipinski definition) is 4. The van der Waals surface area contributed by atoms with E-state index in [2.05, 4.69) is 16.0 Å². The highest BCUT2D eigenvalue weighted by Gasteiger charge is 2.25. The molecule has 1 atom stereocenters. The third-order valence-corrected chi connectivity index (χ3v) is 6.36. The van der Waals surface area contributed by atoms with Crippen molar-refractivity contribution in [3.8, 4) is 0 Å². The number of carbonyl (C=O) groups excluding carboxylic acids is 3. The smallest absolute Gasteiger partial charge is 0.335 e. The molecule has 0 unspecified atom stereocenters. The lowest BCUT2D eigenvalue weighted by molar-refractivity contribution is -0.136. The Morgan fingerprint density at radius 2 is 1.71 bits per heavy atom. The average molecular weight is 535 g/mol. The van der Waals surface area contributed by atoms with E-state index in [1.165, 1.54) is 12.1 Å². The highest BCUT2D eigenvalue weighted by molar-refractivity contribution is 6.40. The van der Waals surface area contributed by atoms with Gasteiger partial charge in [0.05, 0.1) is 29.5 Å². The number of ketones is 1. The summed E-state index contributed by atoms with van der Waals surface area (Å²) in [6.07, 6.45) is 0.877. The molecule has 9 nitrogen and oxygen atoms in total. The molecule has 10 heteroatoms. The van der Waals surface area contributed by atoms with Crippen LogP contribution in [0.25, 0.3) is 0 Å². The maximum atomic E-state index is 12.9. The molecule has 0 aliphatic carbocycles. The monoisotopic (exact) mass is 534 g/mol. The molecule has 1 aliphatic rings. The number of Topliss-reactive ketones (excluding diaryl/α,β-unsaturated/α-hetero) is 1. The van der Waals surface area contributed by atoms with Crippen LogP contribution in [0.5, 0.6) is 0 Å². The van der Waals surface area contributed by atoms with Gasteiger partial charge in [-0.15, -0.1) is 0 Å². The molecule has 0 saturated carbocycles. The predicted molar refractivity (Wildman–Crippen MR) is 146 cm³/mol. The summed E-state index contributed by atoms with van der Waals surface area (Å²) in [7, 11) is 0. The number of carboxylic acid groups (broad SMARTS) is 1. The van der Waals surface area contributed by atoms with Gasteiger partial charge in [-0.3, -0.25) is 14.4 Å². The molecule has 1 heterocycles. The molecule has 3 aromatic rings. The second-order valence-electron chi connectivity index (χ2n) is 8.95. The van der Waals surface area contributed by atoms with Crippen LogP contribution in [0.3, 0.4) is 0 Å². The molecule has 3 aromatic carbocycles. The summed E-state index contributed by atoms with van der Waals surface area (Å²) in [4.78, 5) is 50.5. The predicted octanol–water partition coefficient (Wildman–Crippen LogP) is 3.60. The first kappa shape index (κ1) is 26.7. The highest BCUT2D eigenvalue weighted by Crippen LogP contribution is 2.31. The van der Waals surface area contributed by atoms with Gasteiger partial charge in [-0.1, -0.05) is 41.9 Å². The van der Waals surface area contributed by atoms with Crippen molar-refractivity contribution in [2.24, 2.45) is 0 Å². The zero-order chi connectivity index (χ0) is 27.1. The Morgan fingerprint density at radius 1 is 0.974 bits per heavy atom. The van der Waals surface area contributed by atoms with Gasteiger partial charge in [0.15, 0.2) is 5.78 Å². The van der Waals surface area contributed by atoms with E-state index >= 15 is 0 Å². The number of halogens is 1. The molecule has 38 heavy (non-hydrogen) atoms. The Kier molecular flexibility index (Phi) is 8.60. The lowest BCUT2D eigenvalue weighted by Crippen LogP contribution is -2.46. The molecule has 196 valence electrons. The standard InChI is InChI=1S/C28H27ClN4O5/c29-20-8-11-25(33-13-12-23(34)17-33)24(15-20)32-27(36)26(35)31-22(14-18-4-2-1-3-5-18)16-30-21-9-6-19(7-10-21)28(37)38/h1-11,15,22,30H,12-14,16-17H2,(H,31,35)(H,32,36)(H,37,38)/t22-/m0/s1. The van der Waals surface area contributed by atoms with E-state index in [1.54, 1.807) is 30.3 Å². The van der Waals surface area contributed by atoms with Crippen LogP contribution in [0.1, 0.15) is 22.3 Å². The minimum Gasteiger partial charge on any atom is -0.478 e. The molecular formula is C28H27ClN4O5. The summed E-state index contributed by atoms with van der Waals surface area (Å²) in [5, 5.41) is 18.1. The lowest BCUT2D eigenvalue weighted by Gasteiger charge is -2.22. The first-order valence-corrected chi connectivity index (χ1v) is 12.5. The van der Waals surface area contributed by atoms with Crippen LogP contribution in [0, 0.1) is 0 Å². The van der Waals surface area contributed by atoms with Crippen LogP contribution in [0.2, 0.25) is 5.02 Å². The van der Waals surface area contributed by atoms with Gasteiger partial charge in [-0.2, -0.15) is 0 Å². The molecule has 1 aliphatic heterocycles. The fourth-order valence-corrected chi connectivity index (χ4v) is 4.37. The van der Waals surface area contributed by atoms with Crippen molar-refractivity contribution in [3.05, 3.63) is 88.9 Å². The van der Waals surface area contributed by atoms with Gasteiger partial charge >= 0.3 is 17.8 Å². The van der Waals surface area contributed by atoms with Crippen LogP contribution < -0.4 is 20.9 Å². The van der Waals surface area contributed by atoms with Crippen LogP contribution in [0.15, 0.2) is 72.8 Å². The van der Waals surface area contributed by atoms with Gasteiger partial charge in [0.25, 0.3) is 0 Å². The molecule has 1 fully saturated rings. The summed E-state index contributed by atoms with van der Waals surface area (Å²) in [5.74, 6) is -2.60. The van der Waals surface area contributed by atoms with Gasteiger partial charge < -0.3 is 26.0 Å². The largest absolute Gasteiger partial charge is 0.478 e. The van der Waals surface area contributed by atoms with Crippen molar-refractivity contribution < 1.29 is 24.3 Å². The SMILES string of the molecule is O=C1CCN(c2ccc(Cl)cc2NC(=O)C(=O)N[C@H](CNc2ccc(C(=O)O)cc2)Cc2ccccc2)C1. The van der Waals surface area contributed by atoms with E-state index in [9.17, 15) is 19.2 Å². The number of amides is 2. The molecule has 0 radical (unpaired) electrons. The van der Waals surface area contributed by atoms with Crippen molar-refractivity contribution in [2.75, 3.05) is 35.2 Å². The lowest BCUT2D eigenvalue weighted by atomic mass is 10.1. The van der Waals surface area contributed by atoms with Crippen LogP contribution in [-0.2, 0) is 20.8 Å². The van der Waals surface area contributed by atoms with Gasteiger partial charge in [0, 0.05) is 30.2 Å². The van der Waals surface area contributed by atoms with Gasteiger partial charge in [0.1, 0.15) is 0 Å². The fraction of sp³-hybridized carbons (Fsp3) is 0.214. The van der Waals surface area contributed by atoms with E-state index in [0.29, 0.717) is 48.0 Å². The zero-order valence-electron chi connectivity index (χ0n) is 20.4. The van der Waals surface area contributed by atoms with E-state index in [0.717, 1.165) is 5.56 Å². The Morgan fingerprint density at radius 3 is 2.37 bits per heavy atom. The molecular weight excluding hydrogens is 508 g/mol. The second kappa shape index (κ2) is 12.2. The number of benzene rings is 3. The molecule has 0 bridgehead atoms. The molecule has 4 N–H and O–H groups in total. The highest BCUT2D eigenvalue weighted by atomic mass is 35.5. The average Bonchev–Trinajstić information content (AvgIpc) is 3.34. The molecule has 0 spiro atoms. The minimum absolute atomic E-state index is 0.101. The zero-order valence-corrected chi connectivity index (χ0v) is 21.2. The molecule has 0 aromatic heterocycles. The number of carboxylic acids is 1. The normalized spacial score (nSPS) is 13.6. The second-order valence-corrected chi connectivity index (χ2v) is 9.39. The Bertz CT molecular complexity index is 1330. The number of carbonyl (C=O) groups is 4. The molecule has 2 amide bonds. The number of aromatic carboxylic acids is 1. The number of nitrogens with zero attached hydrogens (tertiary/aromatic N) is 1. The Labute approximate surface area is 224 Å². The number of hydrogen-bond acceptors (Lipinski definition) is 6. The third-order valence-electron chi connectivity index (χ3n) is 6.13. The van der Waals surface area contributed by atoms with E-state index < -0.39 is 23.8 Å². The minimum atomic E-state index is -1.02. The first-order valence-electron chi connectivity index (χ1n) is 12.1. The maximum Gasteiger partial charge on any atom is 0.335 e. The van der Waals surface area contributed by atoms with E-state index in [1.807, 2.05) is 35.2 Å². The van der Waals surface area contributed by atoms with Gasteiger partial charge in [0.2, 0.25) is 0 Å². The van der Waals surface area contributed by atoms with Crippen molar-refractivity contribution in [2.45, 2.75) is 18.9 Å². The van der Waals surface area contributed by atoms with Crippen LogP contribution >= 0.6 is 11.6 Å². The molecule has 1 saturated heterocycles.